The Morgan fingerprint density at radius 1 is 1.15 bits per heavy atom. The molecule has 27 heavy (non-hydrogen) atoms. The summed E-state index contributed by atoms with van der Waals surface area (Å²) >= 11 is 1.06. The smallest absolute Gasteiger partial charge is 0.349 e. The lowest BCUT2D eigenvalue weighted by Crippen LogP contribution is -2.39. The van der Waals surface area contributed by atoms with Crippen LogP contribution in [0.4, 0.5) is 0 Å². The number of rotatable bonds is 7. The number of esters is 1. The molecule has 1 fully saturated rings. The fourth-order valence-electron chi connectivity index (χ4n) is 3.63. The maximum atomic E-state index is 12.8. The summed E-state index contributed by atoms with van der Waals surface area (Å²) in [6, 6.07) is 9.25. The van der Waals surface area contributed by atoms with Gasteiger partial charge in [-0.2, -0.15) is 0 Å². The highest BCUT2D eigenvalue weighted by molar-refractivity contribution is 7.89. The van der Waals surface area contributed by atoms with E-state index in [0.29, 0.717) is 0 Å². The second-order valence-corrected chi connectivity index (χ2v) is 9.30. The number of sulfonamides is 1. The summed E-state index contributed by atoms with van der Waals surface area (Å²) in [4.78, 5) is 11.9. The molecule has 6 nitrogen and oxygen atoms in total. The molecule has 0 unspecified atom stereocenters. The van der Waals surface area contributed by atoms with Gasteiger partial charge < -0.3 is 9.47 Å². The summed E-state index contributed by atoms with van der Waals surface area (Å²) in [5.74, 6) is 0.129. The first-order chi connectivity index (χ1) is 12.9. The molecule has 2 aromatic rings. The topological polar surface area (TPSA) is 81.7 Å². The lowest BCUT2D eigenvalue weighted by atomic mass is 9.79. The van der Waals surface area contributed by atoms with E-state index in [2.05, 4.69) is 9.46 Å². The van der Waals surface area contributed by atoms with Crippen molar-refractivity contribution in [2.45, 2.75) is 36.0 Å². The van der Waals surface area contributed by atoms with Crippen LogP contribution >= 0.6 is 11.3 Å². The monoisotopic (exact) mass is 409 g/mol. The third-order valence-electron chi connectivity index (χ3n) is 5.15. The first-order valence-corrected chi connectivity index (χ1v) is 11.1. The summed E-state index contributed by atoms with van der Waals surface area (Å²) in [5.41, 5.74) is 0.850. The molecular weight excluding hydrogens is 386 g/mol. The van der Waals surface area contributed by atoms with Crippen molar-refractivity contribution < 1.29 is 22.7 Å². The standard InChI is InChI=1S/C19H23NO5S2/c1-24-15-7-5-14(6-8-15)19(10-3-4-11-19)13-20-27(22,23)16-9-12-26-17(16)18(21)25-2/h5-9,12,20H,3-4,10-11,13H2,1-2H3. The summed E-state index contributed by atoms with van der Waals surface area (Å²) in [5, 5.41) is 1.58. The van der Waals surface area contributed by atoms with E-state index >= 15 is 0 Å². The zero-order chi connectivity index (χ0) is 19.5. The molecule has 8 heteroatoms. The van der Waals surface area contributed by atoms with E-state index in [9.17, 15) is 13.2 Å². The molecule has 1 heterocycles. The molecule has 0 bridgehead atoms. The number of ether oxygens (including phenoxy) is 2. The van der Waals surface area contributed by atoms with Gasteiger partial charge in [-0.05, 0) is 42.0 Å². The van der Waals surface area contributed by atoms with Crippen LogP contribution in [0, 0.1) is 0 Å². The Morgan fingerprint density at radius 3 is 2.41 bits per heavy atom. The Kier molecular flexibility index (Phi) is 5.88. The quantitative estimate of drug-likeness (QED) is 0.710. The summed E-state index contributed by atoms with van der Waals surface area (Å²) in [6.07, 6.45) is 3.93. The predicted molar refractivity (Wildman–Crippen MR) is 104 cm³/mol. The summed E-state index contributed by atoms with van der Waals surface area (Å²) < 4.78 is 38.3. The fraction of sp³-hybridized carbons (Fsp3) is 0.421. The van der Waals surface area contributed by atoms with Crippen molar-refractivity contribution in [3.63, 3.8) is 0 Å². The van der Waals surface area contributed by atoms with E-state index in [1.807, 2.05) is 24.3 Å². The van der Waals surface area contributed by atoms with E-state index < -0.39 is 16.0 Å². The Bertz CT molecular complexity index is 896. The van der Waals surface area contributed by atoms with Crippen LogP contribution in [0.3, 0.4) is 0 Å². The van der Waals surface area contributed by atoms with Crippen LogP contribution in [0.1, 0.15) is 40.9 Å². The van der Waals surface area contributed by atoms with Gasteiger partial charge in [0.05, 0.1) is 14.2 Å². The molecule has 1 aliphatic carbocycles. The average molecular weight is 410 g/mol. The van der Waals surface area contributed by atoms with Gasteiger partial charge in [0.15, 0.2) is 0 Å². The average Bonchev–Trinajstić information content (AvgIpc) is 3.36. The Morgan fingerprint density at radius 2 is 1.81 bits per heavy atom. The van der Waals surface area contributed by atoms with Gasteiger partial charge in [-0.3, -0.25) is 0 Å². The van der Waals surface area contributed by atoms with Crippen molar-refractivity contribution in [1.82, 2.24) is 4.72 Å². The number of methoxy groups -OCH3 is 2. The molecule has 0 atom stereocenters. The van der Waals surface area contributed by atoms with Crippen LogP contribution in [0.2, 0.25) is 0 Å². The maximum Gasteiger partial charge on any atom is 0.349 e. The van der Waals surface area contributed by atoms with Crippen molar-refractivity contribution in [3.05, 3.63) is 46.2 Å². The van der Waals surface area contributed by atoms with Crippen LogP contribution < -0.4 is 9.46 Å². The van der Waals surface area contributed by atoms with E-state index in [1.165, 1.54) is 13.2 Å². The number of thiophene rings is 1. The Labute approximate surface area is 163 Å². The normalized spacial score (nSPS) is 16.2. The number of carbonyl (C=O) groups is 1. The highest BCUT2D eigenvalue weighted by atomic mass is 32.2. The fourth-order valence-corrected chi connectivity index (χ4v) is 6.09. The molecule has 3 rings (SSSR count). The zero-order valence-corrected chi connectivity index (χ0v) is 17.0. The van der Waals surface area contributed by atoms with E-state index in [4.69, 9.17) is 4.74 Å². The molecule has 1 aliphatic rings. The number of hydrogen-bond donors (Lipinski definition) is 1. The van der Waals surface area contributed by atoms with Crippen molar-refractivity contribution >= 4 is 27.3 Å². The van der Waals surface area contributed by atoms with E-state index in [0.717, 1.165) is 48.3 Å². The van der Waals surface area contributed by atoms with Gasteiger partial charge >= 0.3 is 5.97 Å². The molecule has 0 saturated heterocycles. The maximum absolute atomic E-state index is 12.8. The molecule has 1 N–H and O–H groups in total. The van der Waals surface area contributed by atoms with Gasteiger partial charge in [-0.25, -0.2) is 17.9 Å². The molecule has 1 aromatic heterocycles. The number of carbonyl (C=O) groups excluding carboxylic acids is 1. The first kappa shape index (κ1) is 19.9. The summed E-state index contributed by atoms with van der Waals surface area (Å²) in [7, 11) is -0.956. The number of nitrogens with one attached hydrogen (secondary N) is 1. The molecule has 0 aliphatic heterocycles. The summed E-state index contributed by atoms with van der Waals surface area (Å²) in [6.45, 7) is 0.290. The SMILES string of the molecule is COC(=O)c1sccc1S(=O)(=O)NCC1(c2ccc(OC)cc2)CCCC1. The zero-order valence-electron chi connectivity index (χ0n) is 15.4. The van der Waals surface area contributed by atoms with Crippen LogP contribution in [0.25, 0.3) is 0 Å². The molecule has 1 aromatic carbocycles. The number of hydrogen-bond acceptors (Lipinski definition) is 6. The van der Waals surface area contributed by atoms with Gasteiger partial charge in [0.2, 0.25) is 10.0 Å². The third kappa shape index (κ3) is 4.02. The highest BCUT2D eigenvalue weighted by Gasteiger charge is 2.37. The van der Waals surface area contributed by atoms with Crippen molar-refractivity contribution in [2.24, 2.45) is 0 Å². The minimum Gasteiger partial charge on any atom is -0.497 e. The Balaban J connectivity index is 1.84. The molecule has 146 valence electrons. The van der Waals surface area contributed by atoms with Crippen LogP contribution in [-0.4, -0.2) is 35.2 Å². The van der Waals surface area contributed by atoms with Gasteiger partial charge in [-0.15, -0.1) is 11.3 Å². The molecular formula is C19H23NO5S2. The highest BCUT2D eigenvalue weighted by Crippen LogP contribution is 2.41. The van der Waals surface area contributed by atoms with Crippen LogP contribution in [-0.2, 0) is 20.2 Å². The van der Waals surface area contributed by atoms with Gasteiger partial charge in [0.25, 0.3) is 0 Å². The first-order valence-electron chi connectivity index (χ1n) is 8.72. The van der Waals surface area contributed by atoms with Gasteiger partial charge in [0.1, 0.15) is 15.5 Å². The van der Waals surface area contributed by atoms with E-state index in [1.54, 1.807) is 12.5 Å². The molecule has 0 spiro atoms. The van der Waals surface area contributed by atoms with E-state index in [-0.39, 0.29) is 21.7 Å². The van der Waals surface area contributed by atoms with Gasteiger partial charge in [-0.1, -0.05) is 25.0 Å². The molecule has 1 saturated carbocycles. The van der Waals surface area contributed by atoms with Crippen LogP contribution in [0.15, 0.2) is 40.6 Å². The predicted octanol–water partition coefficient (Wildman–Crippen LogP) is 3.33. The van der Waals surface area contributed by atoms with Gasteiger partial charge in [0, 0.05) is 12.0 Å². The molecule has 0 amide bonds. The Hall–Kier alpha value is -1.90. The second kappa shape index (κ2) is 8.00. The molecule has 0 radical (unpaired) electrons. The largest absolute Gasteiger partial charge is 0.497 e. The van der Waals surface area contributed by atoms with Crippen molar-refractivity contribution in [1.29, 1.82) is 0 Å². The van der Waals surface area contributed by atoms with Crippen molar-refractivity contribution in [3.8, 4) is 5.75 Å². The van der Waals surface area contributed by atoms with Crippen LogP contribution in [0.5, 0.6) is 5.75 Å². The third-order valence-corrected chi connectivity index (χ3v) is 7.62. The minimum absolute atomic E-state index is 0.0257. The lowest BCUT2D eigenvalue weighted by Gasteiger charge is -2.30. The minimum atomic E-state index is -3.81. The number of benzene rings is 1. The second-order valence-electron chi connectivity index (χ2n) is 6.65. The lowest BCUT2D eigenvalue weighted by molar-refractivity contribution is 0.0602. The van der Waals surface area contributed by atoms with Crippen molar-refractivity contribution in [2.75, 3.05) is 20.8 Å².